The minimum atomic E-state index is -3.02. The number of nitrogens with one attached hydrogen (secondary N) is 1. The molecule has 1 aliphatic rings. The molecule has 25 heavy (non-hydrogen) atoms. The molecule has 6 nitrogen and oxygen atoms in total. The van der Waals surface area contributed by atoms with Crippen molar-refractivity contribution in [1.29, 1.82) is 0 Å². The molecule has 1 N–H and O–H groups in total. The number of aryl methyl sites for hydroxylation is 1. The molecule has 1 aromatic carbocycles. The molecule has 1 saturated heterocycles. The van der Waals surface area contributed by atoms with Gasteiger partial charge in [-0.2, -0.15) is 0 Å². The summed E-state index contributed by atoms with van der Waals surface area (Å²) < 4.78 is 23.5. The quantitative estimate of drug-likeness (QED) is 0.789. The number of benzene rings is 1. The summed E-state index contributed by atoms with van der Waals surface area (Å²) in [6, 6.07) is 7.73. The number of carbonyl (C=O) groups is 1. The number of hydrogen-bond acceptors (Lipinski definition) is 4. The lowest BCUT2D eigenvalue weighted by molar-refractivity contribution is 0.173. The van der Waals surface area contributed by atoms with Crippen molar-refractivity contribution in [3.63, 3.8) is 0 Å². The third-order valence-electron chi connectivity index (χ3n) is 4.63. The summed E-state index contributed by atoms with van der Waals surface area (Å²) in [5.41, 5.74) is 2.43. The minimum Gasteiger partial charge on any atom is -0.338 e. The van der Waals surface area contributed by atoms with Gasteiger partial charge in [0.1, 0.15) is 0 Å². The Morgan fingerprint density at radius 1 is 1.24 bits per heavy atom. The lowest BCUT2D eigenvalue weighted by Gasteiger charge is -2.29. The third kappa shape index (κ3) is 6.01. The average molecular weight is 368 g/mol. The molecule has 2 amide bonds. The first kappa shape index (κ1) is 19.7. The fraction of sp³-hybridized carbons (Fsp3) is 0.611. The van der Waals surface area contributed by atoms with Crippen LogP contribution in [0.5, 0.6) is 0 Å². The first-order chi connectivity index (χ1) is 11.8. The molecule has 1 aliphatic heterocycles. The SMILES string of the molecule is Cc1ccccc1CCNC(=O)N(CCN(C)C)C1CCS(=O)(=O)C1. The van der Waals surface area contributed by atoms with Crippen LogP contribution in [-0.2, 0) is 16.3 Å². The van der Waals surface area contributed by atoms with Crippen LogP contribution in [0.15, 0.2) is 24.3 Å². The first-order valence-corrected chi connectivity index (χ1v) is 10.5. The predicted molar refractivity (Wildman–Crippen MR) is 101 cm³/mol. The molecule has 1 unspecified atom stereocenters. The van der Waals surface area contributed by atoms with Gasteiger partial charge in [0.2, 0.25) is 0 Å². The molecule has 0 saturated carbocycles. The van der Waals surface area contributed by atoms with Gasteiger partial charge in [-0.25, -0.2) is 13.2 Å². The van der Waals surface area contributed by atoms with Crippen LogP contribution < -0.4 is 5.32 Å². The highest BCUT2D eigenvalue weighted by atomic mass is 32.2. The maximum Gasteiger partial charge on any atom is 0.317 e. The van der Waals surface area contributed by atoms with Gasteiger partial charge >= 0.3 is 6.03 Å². The van der Waals surface area contributed by atoms with Gasteiger partial charge in [0.05, 0.1) is 11.5 Å². The Hall–Kier alpha value is -1.60. The van der Waals surface area contributed by atoms with E-state index >= 15 is 0 Å². The predicted octanol–water partition coefficient (Wildman–Crippen LogP) is 1.30. The van der Waals surface area contributed by atoms with E-state index < -0.39 is 9.84 Å². The number of nitrogens with zero attached hydrogens (tertiary/aromatic N) is 2. The lowest BCUT2D eigenvalue weighted by Crippen LogP contribution is -2.49. The summed E-state index contributed by atoms with van der Waals surface area (Å²) in [6.45, 7) is 3.84. The van der Waals surface area contributed by atoms with Crippen molar-refractivity contribution in [3.05, 3.63) is 35.4 Å². The van der Waals surface area contributed by atoms with Crippen molar-refractivity contribution >= 4 is 15.9 Å². The summed E-state index contributed by atoms with van der Waals surface area (Å²) >= 11 is 0. The Bertz CT molecular complexity index is 689. The molecule has 0 aromatic heterocycles. The van der Waals surface area contributed by atoms with E-state index in [0.717, 1.165) is 6.42 Å². The van der Waals surface area contributed by atoms with E-state index in [0.29, 0.717) is 26.1 Å². The molecule has 7 heteroatoms. The molecule has 140 valence electrons. The Morgan fingerprint density at radius 2 is 1.96 bits per heavy atom. The van der Waals surface area contributed by atoms with Gasteiger partial charge in [-0.1, -0.05) is 24.3 Å². The van der Waals surface area contributed by atoms with Crippen LogP contribution in [0.25, 0.3) is 0 Å². The van der Waals surface area contributed by atoms with Crippen molar-refractivity contribution in [3.8, 4) is 0 Å². The molecular weight excluding hydrogens is 338 g/mol. The Kier molecular flexibility index (Phi) is 6.84. The zero-order valence-corrected chi connectivity index (χ0v) is 16.2. The molecule has 0 radical (unpaired) electrons. The molecule has 1 atom stereocenters. The highest BCUT2D eigenvalue weighted by Gasteiger charge is 2.34. The van der Waals surface area contributed by atoms with E-state index in [4.69, 9.17) is 0 Å². The molecular formula is C18H29N3O3S. The first-order valence-electron chi connectivity index (χ1n) is 8.72. The normalized spacial score (nSPS) is 19.1. The maximum atomic E-state index is 12.6. The summed E-state index contributed by atoms with van der Waals surface area (Å²) in [5, 5.41) is 2.96. The molecule has 0 spiro atoms. The molecule has 1 aromatic rings. The average Bonchev–Trinajstić information content (AvgIpc) is 2.89. The largest absolute Gasteiger partial charge is 0.338 e. The molecule has 0 bridgehead atoms. The highest BCUT2D eigenvalue weighted by molar-refractivity contribution is 7.91. The number of hydrogen-bond donors (Lipinski definition) is 1. The van der Waals surface area contributed by atoms with Crippen LogP contribution in [0.2, 0.25) is 0 Å². The summed E-state index contributed by atoms with van der Waals surface area (Å²) in [5.74, 6) is 0.248. The van der Waals surface area contributed by atoms with E-state index in [9.17, 15) is 13.2 Å². The number of urea groups is 1. The van der Waals surface area contributed by atoms with Gasteiger partial charge in [-0.05, 0) is 45.0 Å². The standard InChI is InChI=1S/C18H29N3O3S/c1-15-6-4-5-7-16(15)8-10-19-18(22)21(12-11-20(2)3)17-9-13-25(23,24)14-17/h4-7,17H,8-14H2,1-3H3,(H,19,22). The van der Waals surface area contributed by atoms with Crippen molar-refractivity contribution in [2.75, 3.05) is 45.2 Å². The topological polar surface area (TPSA) is 69.7 Å². The van der Waals surface area contributed by atoms with Gasteiger partial charge in [-0.3, -0.25) is 0 Å². The van der Waals surface area contributed by atoms with Crippen LogP contribution in [0.4, 0.5) is 4.79 Å². The van der Waals surface area contributed by atoms with E-state index in [1.54, 1.807) is 4.90 Å². The summed E-state index contributed by atoms with van der Waals surface area (Å²) in [4.78, 5) is 16.3. The smallest absolute Gasteiger partial charge is 0.317 e. The van der Waals surface area contributed by atoms with Gasteiger partial charge in [0.15, 0.2) is 9.84 Å². The second-order valence-corrected chi connectivity index (χ2v) is 9.19. The number of likely N-dealkylation sites (N-methyl/N-ethyl adjacent to an activating group) is 1. The monoisotopic (exact) mass is 367 g/mol. The summed E-state index contributed by atoms with van der Waals surface area (Å²) in [7, 11) is 0.871. The van der Waals surface area contributed by atoms with Crippen molar-refractivity contribution in [2.45, 2.75) is 25.8 Å². The van der Waals surface area contributed by atoms with Gasteiger partial charge in [-0.15, -0.1) is 0 Å². The zero-order valence-electron chi connectivity index (χ0n) is 15.4. The Labute approximate surface area is 151 Å². The lowest BCUT2D eigenvalue weighted by atomic mass is 10.1. The number of sulfone groups is 1. The number of rotatable bonds is 7. The zero-order chi connectivity index (χ0) is 18.4. The van der Waals surface area contributed by atoms with E-state index in [1.807, 2.05) is 31.1 Å². The van der Waals surface area contributed by atoms with Crippen LogP contribution >= 0.6 is 0 Å². The second-order valence-electron chi connectivity index (χ2n) is 6.96. The maximum absolute atomic E-state index is 12.6. The minimum absolute atomic E-state index is 0.0750. The summed E-state index contributed by atoms with van der Waals surface area (Å²) in [6.07, 6.45) is 1.30. The number of carbonyl (C=O) groups excluding carboxylic acids is 1. The van der Waals surface area contributed by atoms with Crippen molar-refractivity contribution < 1.29 is 13.2 Å². The van der Waals surface area contributed by atoms with E-state index in [2.05, 4.69) is 24.4 Å². The van der Waals surface area contributed by atoms with Crippen LogP contribution in [0.3, 0.4) is 0 Å². The molecule has 1 fully saturated rings. The molecule has 1 heterocycles. The van der Waals surface area contributed by atoms with Crippen LogP contribution in [0.1, 0.15) is 17.5 Å². The van der Waals surface area contributed by atoms with Gasteiger partial charge < -0.3 is 15.1 Å². The second kappa shape index (κ2) is 8.67. The van der Waals surface area contributed by atoms with Gasteiger partial charge in [0.25, 0.3) is 0 Å². The Balaban J connectivity index is 1.94. The fourth-order valence-corrected chi connectivity index (χ4v) is 4.81. The fourth-order valence-electron chi connectivity index (χ4n) is 3.08. The Morgan fingerprint density at radius 3 is 2.56 bits per heavy atom. The molecule has 0 aliphatic carbocycles. The third-order valence-corrected chi connectivity index (χ3v) is 6.38. The van der Waals surface area contributed by atoms with Crippen molar-refractivity contribution in [1.82, 2.24) is 15.1 Å². The van der Waals surface area contributed by atoms with Crippen molar-refractivity contribution in [2.24, 2.45) is 0 Å². The number of amides is 2. The highest BCUT2D eigenvalue weighted by Crippen LogP contribution is 2.18. The van der Waals surface area contributed by atoms with Gasteiger partial charge in [0, 0.05) is 25.7 Å². The van der Waals surface area contributed by atoms with E-state index in [-0.39, 0.29) is 23.6 Å². The van der Waals surface area contributed by atoms with Crippen LogP contribution in [-0.4, -0.2) is 75.5 Å². The van der Waals surface area contributed by atoms with E-state index in [1.165, 1.54) is 11.1 Å². The molecule has 2 rings (SSSR count). The van der Waals surface area contributed by atoms with Crippen LogP contribution in [0, 0.1) is 6.92 Å².